The van der Waals surface area contributed by atoms with Crippen LogP contribution in [-0.2, 0) is 4.79 Å². The zero-order valence-electron chi connectivity index (χ0n) is 13.4. The summed E-state index contributed by atoms with van der Waals surface area (Å²) in [4.78, 5) is 32.2. The second-order valence-corrected chi connectivity index (χ2v) is 6.02. The number of carbonyl (C=O) groups excluding carboxylic acids is 2. The fraction of sp³-hybridized carbons (Fsp3) is 0.158. The van der Waals surface area contributed by atoms with Crippen molar-refractivity contribution >= 4 is 28.3 Å². The predicted molar refractivity (Wildman–Crippen MR) is 94.1 cm³/mol. The molecule has 1 aliphatic heterocycles. The van der Waals surface area contributed by atoms with Crippen molar-refractivity contribution in [1.82, 2.24) is 15.3 Å². The summed E-state index contributed by atoms with van der Waals surface area (Å²) in [6, 6.07) is 9.37. The van der Waals surface area contributed by atoms with E-state index in [1.165, 1.54) is 0 Å². The molecule has 2 N–H and O–H groups in total. The first-order chi connectivity index (χ1) is 12.2. The largest absolute Gasteiger partial charge is 0.349 e. The minimum absolute atomic E-state index is 0.00893. The number of amides is 2. The summed E-state index contributed by atoms with van der Waals surface area (Å²) >= 11 is 0. The Labute approximate surface area is 144 Å². The Balaban J connectivity index is 1.59. The van der Waals surface area contributed by atoms with Crippen LogP contribution < -0.4 is 10.6 Å². The number of rotatable bonds is 3. The minimum atomic E-state index is -0.225. The number of aromatic nitrogens is 2. The molecule has 25 heavy (non-hydrogen) atoms. The molecule has 3 aromatic rings. The maximum absolute atomic E-state index is 12.7. The lowest BCUT2D eigenvalue weighted by atomic mass is 10.0. The van der Waals surface area contributed by atoms with Gasteiger partial charge < -0.3 is 10.6 Å². The fourth-order valence-electron chi connectivity index (χ4n) is 3.09. The lowest BCUT2D eigenvalue weighted by molar-refractivity contribution is -0.119. The Kier molecular flexibility index (Phi) is 3.85. The highest BCUT2D eigenvalue weighted by molar-refractivity contribution is 6.12. The number of benzene rings is 1. The molecule has 0 bridgehead atoms. The molecule has 1 unspecified atom stereocenters. The van der Waals surface area contributed by atoms with Crippen LogP contribution in [0.5, 0.6) is 0 Å². The summed E-state index contributed by atoms with van der Waals surface area (Å²) < 4.78 is 0. The van der Waals surface area contributed by atoms with Crippen LogP contribution in [0.15, 0.2) is 55.1 Å². The van der Waals surface area contributed by atoms with Gasteiger partial charge in [-0.1, -0.05) is 12.1 Å². The van der Waals surface area contributed by atoms with Gasteiger partial charge in [0, 0.05) is 47.7 Å². The van der Waals surface area contributed by atoms with Gasteiger partial charge in [0.15, 0.2) is 0 Å². The monoisotopic (exact) mass is 332 g/mol. The molecule has 1 aromatic carbocycles. The smallest absolute Gasteiger partial charge is 0.257 e. The van der Waals surface area contributed by atoms with Crippen molar-refractivity contribution in [3.8, 4) is 0 Å². The number of anilines is 1. The molecule has 1 fully saturated rings. The highest BCUT2D eigenvalue weighted by Gasteiger charge is 2.22. The van der Waals surface area contributed by atoms with E-state index in [0.29, 0.717) is 17.7 Å². The highest BCUT2D eigenvalue weighted by Crippen LogP contribution is 2.26. The first kappa shape index (κ1) is 15.3. The first-order valence-electron chi connectivity index (χ1n) is 8.09. The van der Waals surface area contributed by atoms with Gasteiger partial charge in [-0.15, -0.1) is 0 Å². The summed E-state index contributed by atoms with van der Waals surface area (Å²) in [5, 5.41) is 7.48. The quantitative estimate of drug-likeness (QED) is 0.772. The SMILES string of the molecule is O=C1CCC(c2cccc(NC(=O)c3cncc4cnccc34)c2)N1. The summed E-state index contributed by atoms with van der Waals surface area (Å²) in [5.41, 5.74) is 2.18. The molecule has 1 atom stereocenters. The van der Waals surface area contributed by atoms with E-state index in [-0.39, 0.29) is 17.9 Å². The van der Waals surface area contributed by atoms with E-state index < -0.39 is 0 Å². The minimum Gasteiger partial charge on any atom is -0.349 e. The van der Waals surface area contributed by atoms with Gasteiger partial charge in [-0.05, 0) is 30.2 Å². The molecule has 6 heteroatoms. The Bertz CT molecular complexity index is 965. The highest BCUT2D eigenvalue weighted by atomic mass is 16.2. The number of nitrogens with one attached hydrogen (secondary N) is 2. The number of hydrogen-bond acceptors (Lipinski definition) is 4. The summed E-state index contributed by atoms with van der Waals surface area (Å²) in [7, 11) is 0. The third-order valence-corrected chi connectivity index (χ3v) is 4.35. The van der Waals surface area contributed by atoms with Crippen molar-refractivity contribution < 1.29 is 9.59 Å². The predicted octanol–water partition coefficient (Wildman–Crippen LogP) is 2.83. The van der Waals surface area contributed by atoms with Crippen LogP contribution in [0.3, 0.4) is 0 Å². The van der Waals surface area contributed by atoms with Crippen LogP contribution in [0.4, 0.5) is 5.69 Å². The molecule has 4 rings (SSSR count). The number of pyridine rings is 2. The molecule has 2 amide bonds. The number of carbonyl (C=O) groups is 2. The Morgan fingerprint density at radius 1 is 1.16 bits per heavy atom. The topological polar surface area (TPSA) is 84.0 Å². The van der Waals surface area contributed by atoms with Crippen LogP contribution in [-0.4, -0.2) is 21.8 Å². The average Bonchev–Trinajstić information content (AvgIpc) is 3.08. The van der Waals surface area contributed by atoms with Gasteiger partial charge >= 0.3 is 0 Å². The standard InChI is InChI=1S/C19H16N4O2/c24-18-5-4-17(23-18)12-2-1-3-14(8-12)22-19(25)16-11-21-10-13-9-20-7-6-15(13)16/h1-3,6-11,17H,4-5H2,(H,22,25)(H,23,24). The van der Waals surface area contributed by atoms with Gasteiger partial charge in [0.2, 0.25) is 5.91 Å². The molecule has 0 saturated carbocycles. The van der Waals surface area contributed by atoms with E-state index in [0.717, 1.165) is 22.8 Å². The van der Waals surface area contributed by atoms with Crippen LogP contribution in [0, 0.1) is 0 Å². The number of hydrogen-bond donors (Lipinski definition) is 2. The third-order valence-electron chi connectivity index (χ3n) is 4.35. The second kappa shape index (κ2) is 6.32. The van der Waals surface area contributed by atoms with Crippen LogP contribution >= 0.6 is 0 Å². The third kappa shape index (κ3) is 3.06. The number of fused-ring (bicyclic) bond motifs is 1. The lowest BCUT2D eigenvalue weighted by Gasteiger charge is -2.13. The van der Waals surface area contributed by atoms with Crippen molar-refractivity contribution in [2.75, 3.05) is 5.32 Å². The summed E-state index contributed by atoms with van der Waals surface area (Å²) in [6.45, 7) is 0. The van der Waals surface area contributed by atoms with Crippen LogP contribution in [0.1, 0.15) is 34.8 Å². The molecular weight excluding hydrogens is 316 g/mol. The van der Waals surface area contributed by atoms with Crippen LogP contribution in [0.25, 0.3) is 10.8 Å². The van der Waals surface area contributed by atoms with Gasteiger partial charge in [0.05, 0.1) is 11.6 Å². The molecule has 0 radical (unpaired) electrons. The van der Waals surface area contributed by atoms with Crippen molar-refractivity contribution in [3.63, 3.8) is 0 Å². The molecule has 6 nitrogen and oxygen atoms in total. The zero-order valence-corrected chi connectivity index (χ0v) is 13.4. The van der Waals surface area contributed by atoms with Gasteiger partial charge in [-0.3, -0.25) is 19.6 Å². The number of nitrogens with zero attached hydrogens (tertiary/aromatic N) is 2. The van der Waals surface area contributed by atoms with Gasteiger partial charge in [0.25, 0.3) is 5.91 Å². The van der Waals surface area contributed by atoms with E-state index in [2.05, 4.69) is 20.6 Å². The van der Waals surface area contributed by atoms with Crippen molar-refractivity contribution in [2.45, 2.75) is 18.9 Å². The molecule has 2 aromatic heterocycles. The van der Waals surface area contributed by atoms with E-state index >= 15 is 0 Å². The van der Waals surface area contributed by atoms with Crippen molar-refractivity contribution in [2.24, 2.45) is 0 Å². The second-order valence-electron chi connectivity index (χ2n) is 6.02. The van der Waals surface area contributed by atoms with Gasteiger partial charge in [0.1, 0.15) is 0 Å². The maximum atomic E-state index is 12.7. The van der Waals surface area contributed by atoms with E-state index in [9.17, 15) is 9.59 Å². The first-order valence-corrected chi connectivity index (χ1v) is 8.09. The maximum Gasteiger partial charge on any atom is 0.257 e. The molecule has 0 aliphatic carbocycles. The van der Waals surface area contributed by atoms with Crippen molar-refractivity contribution in [1.29, 1.82) is 0 Å². The van der Waals surface area contributed by atoms with E-state index in [4.69, 9.17) is 0 Å². The molecular formula is C19H16N4O2. The van der Waals surface area contributed by atoms with Gasteiger partial charge in [-0.2, -0.15) is 0 Å². The summed E-state index contributed by atoms with van der Waals surface area (Å²) in [5.74, 6) is -0.160. The Morgan fingerprint density at radius 3 is 2.88 bits per heavy atom. The zero-order chi connectivity index (χ0) is 17.2. The summed E-state index contributed by atoms with van der Waals surface area (Å²) in [6.07, 6.45) is 7.89. The Morgan fingerprint density at radius 2 is 2.04 bits per heavy atom. The molecule has 3 heterocycles. The Hall–Kier alpha value is -3.28. The van der Waals surface area contributed by atoms with Crippen LogP contribution in [0.2, 0.25) is 0 Å². The van der Waals surface area contributed by atoms with E-state index in [1.54, 1.807) is 30.9 Å². The normalized spacial score (nSPS) is 16.6. The van der Waals surface area contributed by atoms with Crippen molar-refractivity contribution in [3.05, 3.63) is 66.2 Å². The fourth-order valence-corrected chi connectivity index (χ4v) is 3.09. The van der Waals surface area contributed by atoms with E-state index in [1.807, 2.05) is 24.3 Å². The molecule has 1 saturated heterocycles. The lowest BCUT2D eigenvalue weighted by Crippen LogP contribution is -2.18. The molecule has 124 valence electrons. The molecule has 0 spiro atoms. The average molecular weight is 332 g/mol. The molecule has 1 aliphatic rings. The van der Waals surface area contributed by atoms with Gasteiger partial charge in [-0.25, -0.2) is 0 Å².